The van der Waals surface area contributed by atoms with Gasteiger partial charge in [0.05, 0.1) is 23.5 Å². The fourth-order valence-corrected chi connectivity index (χ4v) is 3.95. The van der Waals surface area contributed by atoms with E-state index in [9.17, 15) is 14.0 Å². The molecule has 9 nitrogen and oxygen atoms in total. The van der Waals surface area contributed by atoms with E-state index in [0.29, 0.717) is 28.5 Å². The number of carbonyl (C=O) groups is 2. The first-order valence-electron chi connectivity index (χ1n) is 11.5. The Morgan fingerprint density at radius 2 is 2.00 bits per heavy atom. The Bertz CT molecular complexity index is 1650. The molecule has 3 heterocycles. The van der Waals surface area contributed by atoms with Crippen LogP contribution in [-0.4, -0.2) is 33.1 Å². The van der Waals surface area contributed by atoms with Gasteiger partial charge in [0.15, 0.2) is 11.4 Å². The number of aromatic nitrogens is 3. The summed E-state index contributed by atoms with van der Waals surface area (Å²) in [6.07, 6.45) is 2.99. The fraction of sp³-hybridized carbons (Fsp3) is 0.111. The lowest BCUT2D eigenvalue weighted by Gasteiger charge is -2.08. The minimum Gasteiger partial charge on any atom is -0.484 e. The van der Waals surface area contributed by atoms with Gasteiger partial charge in [-0.2, -0.15) is 5.10 Å². The fourth-order valence-electron chi connectivity index (χ4n) is 3.73. The highest BCUT2D eigenvalue weighted by molar-refractivity contribution is 6.32. The van der Waals surface area contributed by atoms with Crippen LogP contribution in [0.15, 0.2) is 77.5 Å². The van der Waals surface area contributed by atoms with Crippen LogP contribution in [0.5, 0.6) is 5.75 Å². The molecule has 0 saturated heterocycles. The summed E-state index contributed by atoms with van der Waals surface area (Å²) in [6.45, 7) is 1.97. The molecule has 0 aliphatic carbocycles. The summed E-state index contributed by atoms with van der Waals surface area (Å²) in [5.74, 6) is -0.669. The first kappa shape index (κ1) is 25.0. The highest BCUT2D eigenvalue weighted by Crippen LogP contribution is 2.27. The first-order chi connectivity index (χ1) is 18.4. The summed E-state index contributed by atoms with van der Waals surface area (Å²) < 4.78 is 31.0. The summed E-state index contributed by atoms with van der Waals surface area (Å²) in [6, 6.07) is 15.8. The van der Waals surface area contributed by atoms with Gasteiger partial charge in [0.25, 0.3) is 5.91 Å². The number of rotatable bonds is 8. The predicted molar refractivity (Wildman–Crippen MR) is 137 cm³/mol. The molecule has 0 bridgehead atoms. The van der Waals surface area contributed by atoms with Crippen molar-refractivity contribution < 1.29 is 27.9 Å². The zero-order valence-corrected chi connectivity index (χ0v) is 20.7. The molecule has 5 rings (SSSR count). The van der Waals surface area contributed by atoms with Gasteiger partial charge in [0, 0.05) is 17.4 Å². The topological polar surface area (TPSA) is 108 Å². The molecule has 11 heteroatoms. The third-order valence-corrected chi connectivity index (χ3v) is 5.76. The zero-order valence-electron chi connectivity index (χ0n) is 20.0. The Hall–Kier alpha value is -4.70. The molecule has 0 spiro atoms. The van der Waals surface area contributed by atoms with Gasteiger partial charge in [0.2, 0.25) is 0 Å². The van der Waals surface area contributed by atoms with E-state index in [1.54, 1.807) is 48.0 Å². The lowest BCUT2D eigenvalue weighted by atomic mass is 10.1. The number of furan rings is 1. The van der Waals surface area contributed by atoms with E-state index in [1.807, 2.05) is 6.07 Å². The number of esters is 1. The maximum Gasteiger partial charge on any atom is 0.343 e. The van der Waals surface area contributed by atoms with Crippen molar-refractivity contribution in [1.29, 1.82) is 0 Å². The normalized spacial score (nSPS) is 10.9. The van der Waals surface area contributed by atoms with Gasteiger partial charge in [-0.25, -0.2) is 18.7 Å². The number of nitrogens with one attached hydrogen (secondary N) is 1. The quantitative estimate of drug-likeness (QED) is 0.251. The van der Waals surface area contributed by atoms with Gasteiger partial charge in [-0.3, -0.25) is 4.79 Å². The molecule has 2 aromatic carbocycles. The summed E-state index contributed by atoms with van der Waals surface area (Å²) in [4.78, 5) is 29.3. The average molecular weight is 535 g/mol. The monoisotopic (exact) mass is 534 g/mol. The van der Waals surface area contributed by atoms with Crippen molar-refractivity contribution in [2.45, 2.75) is 13.5 Å². The van der Waals surface area contributed by atoms with E-state index in [4.69, 9.17) is 25.5 Å². The molecule has 0 atom stereocenters. The largest absolute Gasteiger partial charge is 0.484 e. The average Bonchev–Trinajstić information content (AvgIpc) is 3.56. The van der Waals surface area contributed by atoms with Gasteiger partial charge in [-0.15, -0.1) is 0 Å². The Morgan fingerprint density at radius 3 is 2.82 bits per heavy atom. The predicted octanol–water partition coefficient (Wildman–Crippen LogP) is 5.79. The third kappa shape index (κ3) is 5.21. The third-order valence-electron chi connectivity index (χ3n) is 5.46. The van der Waals surface area contributed by atoms with Crippen molar-refractivity contribution >= 4 is 34.8 Å². The molecular formula is C27H20ClFN4O5. The maximum absolute atomic E-state index is 13.2. The highest BCUT2D eigenvalue weighted by atomic mass is 35.5. The molecule has 1 amide bonds. The smallest absolute Gasteiger partial charge is 0.343 e. The number of nitrogens with zero attached hydrogens (tertiary/aromatic N) is 3. The van der Waals surface area contributed by atoms with Gasteiger partial charge in [-0.1, -0.05) is 23.7 Å². The van der Waals surface area contributed by atoms with Crippen LogP contribution < -0.4 is 10.1 Å². The number of hydrogen-bond donors (Lipinski definition) is 1. The lowest BCUT2D eigenvalue weighted by Crippen LogP contribution is -2.11. The van der Waals surface area contributed by atoms with Crippen LogP contribution in [0.1, 0.15) is 33.6 Å². The molecule has 5 aromatic rings. The van der Waals surface area contributed by atoms with Crippen LogP contribution in [-0.2, 0) is 11.3 Å². The van der Waals surface area contributed by atoms with Crippen LogP contribution in [0.3, 0.4) is 0 Å². The van der Waals surface area contributed by atoms with E-state index in [2.05, 4.69) is 15.4 Å². The molecule has 0 unspecified atom stereocenters. The number of benzene rings is 2. The zero-order chi connectivity index (χ0) is 26.6. The van der Waals surface area contributed by atoms with Crippen molar-refractivity contribution in [2.75, 3.05) is 11.9 Å². The molecule has 192 valence electrons. The van der Waals surface area contributed by atoms with Crippen LogP contribution in [0.4, 0.5) is 10.1 Å². The standard InChI is InChI=1S/C27H20ClFN4O5/c1-2-36-27(35)20-14-31-33-22(10-11-30-25(20)33)16-4-3-5-18(12-16)32-26(34)24-9-7-19(38-24)15-37-23-8-6-17(29)13-21(23)28/h3-14H,2,15H2,1H3,(H,32,34). The van der Waals surface area contributed by atoms with Crippen molar-refractivity contribution in [3.63, 3.8) is 0 Å². The highest BCUT2D eigenvalue weighted by Gasteiger charge is 2.18. The Balaban J connectivity index is 1.30. The minimum atomic E-state index is -0.503. The van der Waals surface area contributed by atoms with Crippen LogP contribution >= 0.6 is 11.6 Å². The van der Waals surface area contributed by atoms with E-state index >= 15 is 0 Å². The minimum absolute atomic E-state index is 0.00379. The van der Waals surface area contributed by atoms with E-state index < -0.39 is 17.7 Å². The van der Waals surface area contributed by atoms with Gasteiger partial charge >= 0.3 is 5.97 Å². The number of hydrogen-bond acceptors (Lipinski definition) is 7. The van der Waals surface area contributed by atoms with Crippen LogP contribution in [0, 0.1) is 5.82 Å². The van der Waals surface area contributed by atoms with Gasteiger partial charge in [0.1, 0.15) is 29.5 Å². The van der Waals surface area contributed by atoms with Gasteiger partial charge < -0.3 is 19.2 Å². The molecule has 0 aliphatic rings. The molecule has 3 aromatic heterocycles. The van der Waals surface area contributed by atoms with Crippen molar-refractivity contribution in [2.24, 2.45) is 0 Å². The van der Waals surface area contributed by atoms with Crippen LogP contribution in [0.25, 0.3) is 16.9 Å². The second kappa shape index (κ2) is 10.7. The summed E-state index contributed by atoms with van der Waals surface area (Å²) >= 11 is 5.97. The number of carbonyl (C=O) groups excluding carboxylic acids is 2. The molecule has 0 fully saturated rings. The van der Waals surface area contributed by atoms with Crippen molar-refractivity contribution in [1.82, 2.24) is 14.6 Å². The number of halogens is 2. The van der Waals surface area contributed by atoms with Crippen molar-refractivity contribution in [3.05, 3.63) is 101 Å². The Morgan fingerprint density at radius 1 is 1.13 bits per heavy atom. The molecule has 0 saturated carbocycles. The van der Waals surface area contributed by atoms with Gasteiger partial charge in [-0.05, 0) is 55.5 Å². The molecule has 38 heavy (non-hydrogen) atoms. The number of ether oxygens (including phenoxy) is 2. The first-order valence-corrected chi connectivity index (χ1v) is 11.9. The summed E-state index contributed by atoms with van der Waals surface area (Å²) in [5, 5.41) is 7.24. The van der Waals surface area contributed by atoms with E-state index in [-0.39, 0.29) is 29.6 Å². The molecule has 1 N–H and O–H groups in total. The molecule has 0 radical (unpaired) electrons. The lowest BCUT2D eigenvalue weighted by molar-refractivity contribution is 0.0528. The second-order valence-electron chi connectivity index (χ2n) is 8.01. The number of fused-ring (bicyclic) bond motifs is 1. The Kier molecular flexibility index (Phi) is 7.05. The second-order valence-corrected chi connectivity index (χ2v) is 8.42. The number of amides is 1. The summed E-state index contributed by atoms with van der Waals surface area (Å²) in [7, 11) is 0. The Labute approximate surface area is 220 Å². The molecule has 0 aliphatic heterocycles. The maximum atomic E-state index is 13.2. The SMILES string of the molecule is CCOC(=O)c1cnn2c(-c3cccc(NC(=O)c4ccc(COc5ccc(F)cc5Cl)o4)c3)ccnc12. The van der Waals surface area contributed by atoms with E-state index in [1.165, 1.54) is 24.4 Å². The van der Waals surface area contributed by atoms with Crippen molar-refractivity contribution in [3.8, 4) is 17.0 Å². The number of anilines is 1. The molecular weight excluding hydrogens is 515 g/mol. The van der Waals surface area contributed by atoms with Crippen LogP contribution in [0.2, 0.25) is 5.02 Å². The van der Waals surface area contributed by atoms with E-state index in [0.717, 1.165) is 11.6 Å². The summed E-state index contributed by atoms with van der Waals surface area (Å²) in [5.41, 5.74) is 2.54.